The Morgan fingerprint density at radius 3 is 2.68 bits per heavy atom. The van der Waals surface area contributed by atoms with Gasteiger partial charge in [0.1, 0.15) is 6.04 Å². The number of anilines is 2. The number of rotatable bonds is 7. The number of aromatic nitrogens is 4. The van der Waals surface area contributed by atoms with Crippen molar-refractivity contribution in [1.29, 1.82) is 0 Å². The first-order valence-electron chi connectivity index (χ1n) is 12.0. The van der Waals surface area contributed by atoms with Gasteiger partial charge >= 0.3 is 0 Å². The maximum absolute atomic E-state index is 13.7. The molecule has 1 amide bonds. The highest BCUT2D eigenvalue weighted by Crippen LogP contribution is 2.40. The molecule has 2 N–H and O–H groups in total. The average Bonchev–Trinajstić information content (AvgIpc) is 3.32. The van der Waals surface area contributed by atoms with Crippen molar-refractivity contribution in [2.45, 2.75) is 26.8 Å². The molecule has 0 bridgehead atoms. The van der Waals surface area contributed by atoms with Crippen LogP contribution in [0.25, 0.3) is 11.4 Å². The number of carbonyl (C=O) groups excluding carboxylic acids is 1. The van der Waals surface area contributed by atoms with Crippen LogP contribution < -0.4 is 20.1 Å². The number of carbonyl (C=O) groups is 1. The summed E-state index contributed by atoms with van der Waals surface area (Å²) >= 11 is 0. The van der Waals surface area contributed by atoms with Crippen LogP contribution in [0.3, 0.4) is 0 Å². The van der Waals surface area contributed by atoms with Crippen molar-refractivity contribution in [3.8, 4) is 22.9 Å². The molecule has 4 aromatic rings. The molecular weight excluding hydrogens is 468 g/mol. The Hall–Kier alpha value is -4.66. The van der Waals surface area contributed by atoms with Gasteiger partial charge in [0.15, 0.2) is 17.3 Å². The predicted octanol–water partition coefficient (Wildman–Crippen LogP) is 4.98. The third-order valence-corrected chi connectivity index (χ3v) is 6.21. The van der Waals surface area contributed by atoms with Gasteiger partial charge in [-0.2, -0.15) is 4.98 Å². The second kappa shape index (κ2) is 10.1. The van der Waals surface area contributed by atoms with E-state index in [9.17, 15) is 4.79 Å². The summed E-state index contributed by atoms with van der Waals surface area (Å²) in [6.07, 6.45) is 3.27. The number of nitrogens with one attached hydrogen (secondary N) is 2. The van der Waals surface area contributed by atoms with E-state index in [0.717, 1.165) is 16.7 Å². The Bertz CT molecular complexity index is 1480. The van der Waals surface area contributed by atoms with Crippen molar-refractivity contribution in [2.75, 3.05) is 24.4 Å². The van der Waals surface area contributed by atoms with Gasteiger partial charge in [0.05, 0.1) is 31.2 Å². The van der Waals surface area contributed by atoms with Crippen LogP contribution in [0.15, 0.2) is 78.3 Å². The predicted molar refractivity (Wildman–Crippen MR) is 142 cm³/mol. The second-order valence-corrected chi connectivity index (χ2v) is 8.62. The number of nitrogens with zero attached hydrogens (tertiary/aromatic N) is 4. The fourth-order valence-corrected chi connectivity index (χ4v) is 4.46. The van der Waals surface area contributed by atoms with E-state index in [-0.39, 0.29) is 5.91 Å². The smallest absolute Gasteiger partial charge is 0.255 e. The largest absolute Gasteiger partial charge is 0.493 e. The summed E-state index contributed by atoms with van der Waals surface area (Å²) in [7, 11) is 1.60. The van der Waals surface area contributed by atoms with E-state index in [0.29, 0.717) is 46.8 Å². The van der Waals surface area contributed by atoms with Gasteiger partial charge in [-0.3, -0.25) is 9.78 Å². The van der Waals surface area contributed by atoms with Crippen molar-refractivity contribution in [1.82, 2.24) is 19.7 Å². The van der Waals surface area contributed by atoms with E-state index >= 15 is 0 Å². The maximum atomic E-state index is 13.7. The first-order chi connectivity index (χ1) is 18.0. The number of pyridine rings is 1. The molecule has 0 fully saturated rings. The van der Waals surface area contributed by atoms with Gasteiger partial charge in [-0.05, 0) is 56.2 Å². The molecule has 0 saturated carbocycles. The van der Waals surface area contributed by atoms with Crippen LogP contribution in [-0.4, -0.2) is 39.4 Å². The molecule has 1 aliphatic heterocycles. The highest BCUT2D eigenvalue weighted by Gasteiger charge is 2.35. The lowest BCUT2D eigenvalue weighted by Gasteiger charge is -2.29. The maximum Gasteiger partial charge on any atom is 0.255 e. The number of methoxy groups -OCH3 is 1. The molecule has 9 heteroatoms. The third-order valence-electron chi connectivity index (χ3n) is 6.21. The number of hydrogen-bond acceptors (Lipinski definition) is 7. The quantitative estimate of drug-likeness (QED) is 0.372. The summed E-state index contributed by atoms with van der Waals surface area (Å²) in [6, 6.07) is 16.6. The van der Waals surface area contributed by atoms with E-state index in [1.54, 1.807) is 36.3 Å². The molecule has 3 heterocycles. The zero-order valence-electron chi connectivity index (χ0n) is 21.1. The van der Waals surface area contributed by atoms with E-state index in [4.69, 9.17) is 19.6 Å². The third kappa shape index (κ3) is 4.63. The van der Waals surface area contributed by atoms with Gasteiger partial charge in [-0.15, -0.1) is 5.10 Å². The fourth-order valence-electron chi connectivity index (χ4n) is 4.46. The molecule has 9 nitrogen and oxygen atoms in total. The van der Waals surface area contributed by atoms with E-state index in [1.807, 2.05) is 63.2 Å². The monoisotopic (exact) mass is 496 g/mol. The standard InChI is InChI=1S/C28H28N6O3/c1-5-37-22-13-12-19(15-23(22)36-4)25-24(27(35)31-20-10-8-14-29-16-20)18(3)30-28-32-26(33-34(25)28)21-11-7-6-9-17(21)2/h6-16,25H,5H2,1-4H3,(H,31,35)(H,30,32,33). The SMILES string of the molecule is CCOc1ccc(C2C(C(=O)Nc3cccnc3)=C(C)Nc3nc(-c4ccccc4C)nn32)cc1OC. The van der Waals surface area contributed by atoms with E-state index in [2.05, 4.69) is 15.6 Å². The van der Waals surface area contributed by atoms with Gasteiger partial charge in [-0.1, -0.05) is 30.3 Å². The van der Waals surface area contributed by atoms with Gasteiger partial charge < -0.3 is 20.1 Å². The van der Waals surface area contributed by atoms with Gasteiger partial charge in [0.2, 0.25) is 5.95 Å². The zero-order valence-corrected chi connectivity index (χ0v) is 21.1. The molecule has 0 saturated heterocycles. The highest BCUT2D eigenvalue weighted by molar-refractivity contribution is 6.06. The number of hydrogen-bond donors (Lipinski definition) is 2. The molecule has 0 spiro atoms. The lowest BCUT2D eigenvalue weighted by Crippen LogP contribution is -2.31. The number of allylic oxidation sites excluding steroid dienone is 1. The Morgan fingerprint density at radius 1 is 1.11 bits per heavy atom. The average molecular weight is 497 g/mol. The normalized spacial score (nSPS) is 14.5. The molecular formula is C28H28N6O3. The minimum Gasteiger partial charge on any atom is -0.493 e. The molecule has 1 aliphatic rings. The molecule has 2 aromatic carbocycles. The van der Waals surface area contributed by atoms with Crippen molar-refractivity contribution < 1.29 is 14.3 Å². The number of fused-ring (bicyclic) bond motifs is 1. The molecule has 5 rings (SSSR count). The van der Waals surface area contributed by atoms with Crippen LogP contribution in [0.2, 0.25) is 0 Å². The first-order valence-corrected chi connectivity index (χ1v) is 12.0. The van der Waals surface area contributed by atoms with Crippen LogP contribution in [0.5, 0.6) is 11.5 Å². The minimum absolute atomic E-state index is 0.269. The molecule has 2 aromatic heterocycles. The fraction of sp³-hybridized carbons (Fsp3) is 0.214. The zero-order chi connectivity index (χ0) is 25.9. The Morgan fingerprint density at radius 2 is 1.95 bits per heavy atom. The Kier molecular flexibility index (Phi) is 6.59. The summed E-state index contributed by atoms with van der Waals surface area (Å²) in [5.41, 5.74) is 4.57. The minimum atomic E-state index is -0.567. The number of amides is 1. The van der Waals surface area contributed by atoms with Crippen molar-refractivity contribution in [2.24, 2.45) is 0 Å². The van der Waals surface area contributed by atoms with Crippen LogP contribution in [0.1, 0.15) is 31.0 Å². The number of aryl methyl sites for hydroxylation is 1. The molecule has 37 heavy (non-hydrogen) atoms. The van der Waals surface area contributed by atoms with Crippen molar-refractivity contribution in [3.05, 3.63) is 89.4 Å². The molecule has 1 atom stereocenters. The summed E-state index contributed by atoms with van der Waals surface area (Å²) < 4.78 is 13.1. The van der Waals surface area contributed by atoms with Gasteiger partial charge in [-0.25, -0.2) is 4.68 Å². The van der Waals surface area contributed by atoms with Crippen LogP contribution >= 0.6 is 0 Å². The molecule has 0 aliphatic carbocycles. The first kappa shape index (κ1) is 24.1. The van der Waals surface area contributed by atoms with Crippen molar-refractivity contribution in [3.63, 3.8) is 0 Å². The Balaban J connectivity index is 1.64. The van der Waals surface area contributed by atoms with E-state index < -0.39 is 6.04 Å². The van der Waals surface area contributed by atoms with Gasteiger partial charge in [0, 0.05) is 17.5 Å². The summed E-state index contributed by atoms with van der Waals surface area (Å²) in [5, 5.41) is 11.1. The van der Waals surface area contributed by atoms with Crippen molar-refractivity contribution >= 4 is 17.5 Å². The second-order valence-electron chi connectivity index (χ2n) is 8.62. The van der Waals surface area contributed by atoms with E-state index in [1.165, 1.54) is 0 Å². The highest BCUT2D eigenvalue weighted by atomic mass is 16.5. The lowest BCUT2D eigenvalue weighted by atomic mass is 9.94. The molecule has 1 unspecified atom stereocenters. The van der Waals surface area contributed by atoms with Crippen LogP contribution in [0, 0.1) is 6.92 Å². The van der Waals surface area contributed by atoms with Crippen LogP contribution in [0.4, 0.5) is 11.6 Å². The summed E-state index contributed by atoms with van der Waals surface area (Å²) in [4.78, 5) is 22.6. The lowest BCUT2D eigenvalue weighted by molar-refractivity contribution is -0.113. The number of ether oxygens (including phenoxy) is 2. The Labute approximate surface area is 215 Å². The van der Waals surface area contributed by atoms with Gasteiger partial charge in [0.25, 0.3) is 5.91 Å². The topological polar surface area (TPSA) is 103 Å². The summed E-state index contributed by atoms with van der Waals surface area (Å²) in [6.45, 7) is 6.31. The molecule has 0 radical (unpaired) electrons. The molecule has 188 valence electrons. The summed E-state index contributed by atoms with van der Waals surface area (Å²) in [5.74, 6) is 2.05. The number of benzene rings is 2. The van der Waals surface area contributed by atoms with Crippen LogP contribution in [-0.2, 0) is 4.79 Å².